The van der Waals surface area contributed by atoms with Crippen molar-refractivity contribution < 1.29 is 9.53 Å². The summed E-state index contributed by atoms with van der Waals surface area (Å²) in [6, 6.07) is 9.70. The Labute approximate surface area is 150 Å². The van der Waals surface area contributed by atoms with Gasteiger partial charge in [-0.1, -0.05) is 18.2 Å². The van der Waals surface area contributed by atoms with Crippen molar-refractivity contribution >= 4 is 17.2 Å². The zero-order valence-electron chi connectivity index (χ0n) is 14.2. The Hall–Kier alpha value is -2.60. The average Bonchev–Trinajstić information content (AvgIpc) is 3.30. The third-order valence-electron chi connectivity index (χ3n) is 4.71. The molecule has 0 bridgehead atoms. The van der Waals surface area contributed by atoms with Crippen LogP contribution in [-0.4, -0.2) is 27.5 Å². The first kappa shape index (κ1) is 15.9. The van der Waals surface area contributed by atoms with Crippen molar-refractivity contribution in [3.05, 3.63) is 69.9 Å². The number of fused-ring (bicyclic) bond motifs is 1. The van der Waals surface area contributed by atoms with E-state index >= 15 is 0 Å². The summed E-state index contributed by atoms with van der Waals surface area (Å²) in [5.74, 6) is 1.76. The first-order valence-electron chi connectivity index (χ1n) is 8.16. The molecule has 0 unspecified atom stereocenters. The predicted octanol–water partition coefficient (Wildman–Crippen LogP) is 3.66. The smallest absolute Gasteiger partial charge is 0.255 e. The molecular formula is C19H19N3O2S. The summed E-state index contributed by atoms with van der Waals surface area (Å²) < 4.78 is 7.75. The largest absolute Gasteiger partial charge is 0.496 e. The lowest BCUT2D eigenvalue weighted by Crippen LogP contribution is -2.41. The molecule has 0 saturated carbocycles. The predicted molar refractivity (Wildman–Crippen MR) is 96.9 cm³/mol. The second-order valence-electron chi connectivity index (χ2n) is 6.13. The van der Waals surface area contributed by atoms with Crippen molar-refractivity contribution in [2.75, 3.05) is 7.11 Å². The van der Waals surface area contributed by atoms with Crippen LogP contribution in [0.4, 0.5) is 0 Å². The molecule has 1 aromatic carbocycles. The lowest BCUT2D eigenvalue weighted by molar-refractivity contribution is 0.0580. The molecule has 0 aliphatic carbocycles. The normalized spacial score (nSPS) is 16.6. The van der Waals surface area contributed by atoms with E-state index in [0.29, 0.717) is 13.1 Å². The number of hydrogen-bond donors (Lipinski definition) is 0. The highest BCUT2D eigenvalue weighted by molar-refractivity contribution is 7.08. The van der Waals surface area contributed by atoms with Crippen molar-refractivity contribution in [2.45, 2.75) is 26.1 Å². The Morgan fingerprint density at radius 3 is 2.92 bits per heavy atom. The van der Waals surface area contributed by atoms with Gasteiger partial charge in [0.2, 0.25) is 0 Å². The SMILES string of the molecule is COc1ccccc1[C@H]1Cn2c(C)cnc2CN1C(=O)c1ccsc1. The summed E-state index contributed by atoms with van der Waals surface area (Å²) in [5, 5.41) is 3.83. The van der Waals surface area contributed by atoms with Gasteiger partial charge >= 0.3 is 0 Å². The molecule has 0 fully saturated rings. The van der Waals surface area contributed by atoms with Crippen LogP contribution in [0.3, 0.4) is 0 Å². The molecule has 3 heterocycles. The van der Waals surface area contributed by atoms with Gasteiger partial charge in [-0.15, -0.1) is 0 Å². The third kappa shape index (κ3) is 2.72. The van der Waals surface area contributed by atoms with Gasteiger partial charge in [0.1, 0.15) is 11.6 Å². The Kier molecular flexibility index (Phi) is 4.05. The van der Waals surface area contributed by atoms with Gasteiger partial charge in [0, 0.05) is 29.4 Å². The summed E-state index contributed by atoms with van der Waals surface area (Å²) in [4.78, 5) is 19.5. The third-order valence-corrected chi connectivity index (χ3v) is 5.39. The molecule has 2 aromatic heterocycles. The van der Waals surface area contributed by atoms with E-state index in [1.807, 2.05) is 59.1 Å². The second-order valence-corrected chi connectivity index (χ2v) is 6.91. The molecule has 0 N–H and O–H groups in total. The van der Waals surface area contributed by atoms with Crippen LogP contribution in [-0.2, 0) is 13.1 Å². The highest BCUT2D eigenvalue weighted by atomic mass is 32.1. The monoisotopic (exact) mass is 353 g/mol. The Morgan fingerprint density at radius 1 is 1.32 bits per heavy atom. The van der Waals surface area contributed by atoms with Gasteiger partial charge in [-0.3, -0.25) is 4.79 Å². The number of aryl methyl sites for hydroxylation is 1. The molecule has 6 heteroatoms. The van der Waals surface area contributed by atoms with Crippen LogP contribution in [0.15, 0.2) is 47.3 Å². The first-order valence-corrected chi connectivity index (χ1v) is 9.10. The molecule has 0 spiro atoms. The number of thiophene rings is 1. The molecule has 1 aliphatic heterocycles. The molecule has 1 amide bonds. The maximum atomic E-state index is 13.1. The van der Waals surface area contributed by atoms with Crippen molar-refractivity contribution in [1.82, 2.24) is 14.5 Å². The van der Waals surface area contributed by atoms with E-state index in [0.717, 1.165) is 28.4 Å². The number of rotatable bonds is 3. The Morgan fingerprint density at radius 2 is 2.16 bits per heavy atom. The van der Waals surface area contributed by atoms with E-state index < -0.39 is 0 Å². The molecule has 1 atom stereocenters. The molecule has 1 aliphatic rings. The molecule has 5 nitrogen and oxygen atoms in total. The fourth-order valence-electron chi connectivity index (χ4n) is 3.39. The molecule has 4 rings (SSSR count). The minimum Gasteiger partial charge on any atom is -0.496 e. The second kappa shape index (κ2) is 6.37. The molecule has 0 saturated heterocycles. The number of carbonyl (C=O) groups is 1. The summed E-state index contributed by atoms with van der Waals surface area (Å²) in [6.07, 6.45) is 1.87. The number of hydrogen-bond acceptors (Lipinski definition) is 4. The Bertz CT molecular complexity index is 901. The van der Waals surface area contributed by atoms with Crippen molar-refractivity contribution in [3.8, 4) is 5.75 Å². The van der Waals surface area contributed by atoms with Crippen LogP contribution in [0.1, 0.15) is 33.5 Å². The highest BCUT2D eigenvalue weighted by Gasteiger charge is 2.34. The fourth-order valence-corrected chi connectivity index (χ4v) is 4.02. The first-order chi connectivity index (χ1) is 12.2. The minimum absolute atomic E-state index is 0.0315. The van der Waals surface area contributed by atoms with E-state index in [-0.39, 0.29) is 11.9 Å². The number of amides is 1. The topological polar surface area (TPSA) is 47.4 Å². The Balaban J connectivity index is 1.80. The zero-order valence-corrected chi connectivity index (χ0v) is 15.0. The average molecular weight is 353 g/mol. The van der Waals surface area contributed by atoms with Crippen molar-refractivity contribution in [2.24, 2.45) is 0 Å². The number of methoxy groups -OCH3 is 1. The quantitative estimate of drug-likeness (QED) is 0.722. The van der Waals surface area contributed by atoms with Crippen LogP contribution in [0.2, 0.25) is 0 Å². The van der Waals surface area contributed by atoms with E-state index in [1.54, 1.807) is 7.11 Å². The molecule has 3 aromatic rings. The fraction of sp³-hybridized carbons (Fsp3) is 0.263. The number of benzene rings is 1. The zero-order chi connectivity index (χ0) is 17.4. The minimum atomic E-state index is -0.0936. The van der Waals surface area contributed by atoms with Gasteiger partial charge < -0.3 is 14.2 Å². The molecule has 25 heavy (non-hydrogen) atoms. The van der Waals surface area contributed by atoms with Gasteiger partial charge in [0.05, 0.1) is 25.3 Å². The van der Waals surface area contributed by atoms with E-state index in [1.165, 1.54) is 11.3 Å². The number of carbonyl (C=O) groups excluding carboxylic acids is 1. The van der Waals surface area contributed by atoms with Gasteiger partial charge in [0.25, 0.3) is 5.91 Å². The van der Waals surface area contributed by atoms with E-state index in [9.17, 15) is 4.79 Å². The summed E-state index contributed by atoms with van der Waals surface area (Å²) in [6.45, 7) is 3.22. The summed E-state index contributed by atoms with van der Waals surface area (Å²) >= 11 is 1.53. The standard InChI is InChI=1S/C19H19N3O2S/c1-13-9-20-18-11-22(19(23)14-7-8-25-12-14)16(10-21(13)18)15-5-3-4-6-17(15)24-2/h3-9,12,16H,10-11H2,1-2H3/t16-/m1/s1. The van der Waals surface area contributed by atoms with Crippen LogP contribution in [0, 0.1) is 6.92 Å². The molecular weight excluding hydrogens is 334 g/mol. The lowest BCUT2D eigenvalue weighted by Gasteiger charge is -2.37. The number of nitrogens with zero attached hydrogens (tertiary/aromatic N) is 3. The maximum Gasteiger partial charge on any atom is 0.255 e. The number of ether oxygens (including phenoxy) is 1. The molecule has 128 valence electrons. The number of imidazole rings is 1. The summed E-state index contributed by atoms with van der Waals surface area (Å²) in [5.41, 5.74) is 2.85. The van der Waals surface area contributed by atoms with Gasteiger partial charge in [-0.05, 0) is 24.4 Å². The highest BCUT2D eigenvalue weighted by Crippen LogP contribution is 2.36. The van der Waals surface area contributed by atoms with Crippen molar-refractivity contribution in [1.29, 1.82) is 0 Å². The van der Waals surface area contributed by atoms with Crippen LogP contribution >= 0.6 is 11.3 Å². The van der Waals surface area contributed by atoms with Crippen molar-refractivity contribution in [3.63, 3.8) is 0 Å². The maximum absolute atomic E-state index is 13.1. The van der Waals surface area contributed by atoms with E-state index in [4.69, 9.17) is 4.74 Å². The summed E-state index contributed by atoms with van der Waals surface area (Å²) in [7, 11) is 1.67. The van der Waals surface area contributed by atoms with Crippen LogP contribution in [0.25, 0.3) is 0 Å². The molecule has 0 radical (unpaired) electrons. The lowest BCUT2D eigenvalue weighted by atomic mass is 10.0. The van der Waals surface area contributed by atoms with Gasteiger partial charge in [-0.25, -0.2) is 4.98 Å². The van der Waals surface area contributed by atoms with Crippen LogP contribution < -0.4 is 4.74 Å². The van der Waals surface area contributed by atoms with Gasteiger partial charge in [-0.2, -0.15) is 11.3 Å². The number of para-hydroxylation sites is 1. The van der Waals surface area contributed by atoms with Crippen LogP contribution in [0.5, 0.6) is 5.75 Å². The number of aromatic nitrogens is 2. The van der Waals surface area contributed by atoms with Gasteiger partial charge in [0.15, 0.2) is 0 Å². The van der Waals surface area contributed by atoms with E-state index in [2.05, 4.69) is 9.55 Å².